The highest BCUT2D eigenvalue weighted by molar-refractivity contribution is 7.26. The van der Waals surface area contributed by atoms with E-state index in [9.17, 15) is 9.18 Å². The van der Waals surface area contributed by atoms with Gasteiger partial charge in [-0.05, 0) is 49.7 Å². The summed E-state index contributed by atoms with van der Waals surface area (Å²) in [7, 11) is 0. The third kappa shape index (κ3) is 3.17. The molecule has 0 aliphatic rings. The van der Waals surface area contributed by atoms with Gasteiger partial charge in [0.05, 0.1) is 10.2 Å². The van der Waals surface area contributed by atoms with Crippen LogP contribution in [0.15, 0.2) is 30.3 Å². The maximum Gasteiger partial charge on any atom is 0.256 e. The summed E-state index contributed by atoms with van der Waals surface area (Å²) in [6.07, 6.45) is 0. The summed E-state index contributed by atoms with van der Waals surface area (Å²) in [6, 6.07) is 7.41. The molecule has 4 rings (SSSR count). The van der Waals surface area contributed by atoms with Crippen LogP contribution in [-0.4, -0.2) is 21.1 Å². The molecule has 7 heteroatoms. The Balaban J connectivity index is 0.000000948. The number of fused-ring (bicyclic) bond motifs is 3. The van der Waals surface area contributed by atoms with E-state index in [1.165, 1.54) is 35.6 Å². The number of hydrogen-bond donors (Lipinski definition) is 2. The van der Waals surface area contributed by atoms with Crippen LogP contribution < -0.4 is 5.32 Å². The van der Waals surface area contributed by atoms with Gasteiger partial charge in [-0.2, -0.15) is 5.10 Å². The van der Waals surface area contributed by atoms with Crippen LogP contribution in [0.4, 0.5) is 10.2 Å². The van der Waals surface area contributed by atoms with Crippen LogP contribution in [-0.2, 0) is 0 Å². The van der Waals surface area contributed by atoms with Crippen LogP contribution in [0.3, 0.4) is 0 Å². The van der Waals surface area contributed by atoms with Gasteiger partial charge in [0.25, 0.3) is 5.91 Å². The molecule has 0 atom stereocenters. The van der Waals surface area contributed by atoms with E-state index in [0.29, 0.717) is 11.4 Å². The molecule has 0 saturated carbocycles. The molecule has 3 heterocycles. The smallest absolute Gasteiger partial charge is 0.256 e. The highest BCUT2D eigenvalue weighted by atomic mass is 32.1. The summed E-state index contributed by atoms with van der Waals surface area (Å²) < 4.78 is 13.8. The maximum atomic E-state index is 13.0. The first-order valence-electron chi connectivity index (χ1n) is 8.34. The third-order valence-corrected chi connectivity index (χ3v) is 4.91. The van der Waals surface area contributed by atoms with E-state index in [1.54, 1.807) is 0 Å². The summed E-state index contributed by atoms with van der Waals surface area (Å²) in [6.45, 7) is 7.98. The minimum absolute atomic E-state index is 0.332. The van der Waals surface area contributed by atoms with Crippen molar-refractivity contribution in [3.8, 4) is 0 Å². The highest BCUT2D eigenvalue weighted by Gasteiger charge is 2.17. The minimum Gasteiger partial charge on any atom is -0.304 e. The van der Waals surface area contributed by atoms with Crippen LogP contribution in [0.2, 0.25) is 0 Å². The maximum absolute atomic E-state index is 13.0. The van der Waals surface area contributed by atoms with Gasteiger partial charge in [-0.1, -0.05) is 13.8 Å². The average Bonchev–Trinajstić information content (AvgIpc) is 3.16. The van der Waals surface area contributed by atoms with Gasteiger partial charge in [-0.15, -0.1) is 11.3 Å². The molecule has 0 bridgehead atoms. The number of anilines is 1. The van der Waals surface area contributed by atoms with Crippen LogP contribution in [0.25, 0.3) is 20.4 Å². The molecule has 3 aromatic heterocycles. The van der Waals surface area contributed by atoms with Crippen molar-refractivity contribution in [1.29, 1.82) is 0 Å². The number of carbonyl (C=O) groups excluding carboxylic acids is 1. The van der Waals surface area contributed by atoms with E-state index in [2.05, 4.69) is 20.5 Å². The fourth-order valence-corrected chi connectivity index (χ4v) is 3.93. The van der Waals surface area contributed by atoms with Gasteiger partial charge in [0, 0.05) is 16.6 Å². The Morgan fingerprint density at radius 2 is 1.88 bits per heavy atom. The van der Waals surface area contributed by atoms with Crippen molar-refractivity contribution in [2.75, 3.05) is 5.32 Å². The van der Waals surface area contributed by atoms with Crippen molar-refractivity contribution in [2.24, 2.45) is 0 Å². The largest absolute Gasteiger partial charge is 0.304 e. The Morgan fingerprint density at radius 1 is 1.19 bits per heavy atom. The number of carbonyl (C=O) groups is 1. The molecule has 0 unspecified atom stereocenters. The van der Waals surface area contributed by atoms with Crippen molar-refractivity contribution in [2.45, 2.75) is 27.7 Å². The Bertz CT molecular complexity index is 1080. The standard InChI is InChI=1S/C17H13FN4OS.C2H6/c1-8-7-9(2)19-17-12(8)13-14(24-17)15(22-21-13)20-16(23)10-3-5-11(18)6-4-10;1-2/h3-7H,1-2H3,(H2,20,21,22,23);1-2H3. The molecule has 0 saturated heterocycles. The van der Waals surface area contributed by atoms with E-state index < -0.39 is 0 Å². The van der Waals surface area contributed by atoms with E-state index in [-0.39, 0.29) is 11.7 Å². The molecule has 0 aliphatic carbocycles. The Morgan fingerprint density at radius 3 is 2.58 bits per heavy atom. The monoisotopic (exact) mass is 370 g/mol. The Hall–Kier alpha value is -2.80. The molecule has 1 aromatic carbocycles. The predicted molar refractivity (Wildman–Crippen MR) is 104 cm³/mol. The molecule has 26 heavy (non-hydrogen) atoms. The minimum atomic E-state index is -0.380. The summed E-state index contributed by atoms with van der Waals surface area (Å²) in [5.41, 5.74) is 3.31. The number of rotatable bonds is 2. The lowest BCUT2D eigenvalue weighted by molar-refractivity contribution is 0.102. The lowest BCUT2D eigenvalue weighted by Gasteiger charge is -2.01. The van der Waals surface area contributed by atoms with Crippen molar-refractivity contribution in [3.63, 3.8) is 0 Å². The molecule has 0 spiro atoms. The van der Waals surface area contributed by atoms with Crippen LogP contribution >= 0.6 is 11.3 Å². The number of hydrogen-bond acceptors (Lipinski definition) is 4. The number of amides is 1. The molecule has 0 fully saturated rings. The van der Waals surface area contributed by atoms with Gasteiger partial charge in [-0.3, -0.25) is 9.89 Å². The second-order valence-corrected chi connectivity index (χ2v) is 6.60. The molecular weight excluding hydrogens is 351 g/mol. The lowest BCUT2D eigenvalue weighted by Crippen LogP contribution is -2.12. The van der Waals surface area contributed by atoms with Crippen molar-refractivity contribution >= 4 is 43.5 Å². The quantitative estimate of drug-likeness (QED) is 0.509. The summed E-state index contributed by atoms with van der Waals surface area (Å²) in [5, 5.41) is 11.0. The molecule has 5 nitrogen and oxygen atoms in total. The van der Waals surface area contributed by atoms with Gasteiger partial charge >= 0.3 is 0 Å². The first-order valence-corrected chi connectivity index (χ1v) is 9.16. The fourth-order valence-electron chi connectivity index (χ4n) is 2.74. The van der Waals surface area contributed by atoms with Crippen molar-refractivity contribution < 1.29 is 9.18 Å². The van der Waals surface area contributed by atoms with E-state index in [1.807, 2.05) is 33.8 Å². The number of aryl methyl sites for hydroxylation is 2. The first kappa shape index (κ1) is 18.0. The van der Waals surface area contributed by atoms with Gasteiger partial charge in [0.1, 0.15) is 10.6 Å². The fraction of sp³-hybridized carbons (Fsp3) is 0.211. The van der Waals surface area contributed by atoms with Gasteiger partial charge in [0.2, 0.25) is 0 Å². The third-order valence-electron chi connectivity index (χ3n) is 3.82. The number of benzene rings is 1. The highest BCUT2D eigenvalue weighted by Crippen LogP contribution is 2.37. The number of aromatic nitrogens is 3. The lowest BCUT2D eigenvalue weighted by atomic mass is 10.1. The number of aromatic amines is 1. The normalized spacial score (nSPS) is 10.7. The zero-order chi connectivity index (χ0) is 18.8. The summed E-state index contributed by atoms with van der Waals surface area (Å²) in [4.78, 5) is 17.8. The van der Waals surface area contributed by atoms with E-state index in [4.69, 9.17) is 0 Å². The van der Waals surface area contributed by atoms with Crippen molar-refractivity contribution in [3.05, 3.63) is 53.0 Å². The van der Waals surface area contributed by atoms with Crippen LogP contribution in [0.1, 0.15) is 35.5 Å². The Labute approximate surface area is 154 Å². The van der Waals surface area contributed by atoms with Crippen LogP contribution in [0.5, 0.6) is 0 Å². The molecule has 2 N–H and O–H groups in total. The average molecular weight is 370 g/mol. The van der Waals surface area contributed by atoms with Crippen LogP contribution in [0, 0.1) is 19.7 Å². The van der Waals surface area contributed by atoms with Gasteiger partial charge < -0.3 is 5.32 Å². The Kier molecular flexibility index (Phi) is 4.99. The number of nitrogens with zero attached hydrogens (tertiary/aromatic N) is 2. The summed E-state index contributed by atoms with van der Waals surface area (Å²) >= 11 is 1.48. The number of thiophene rings is 1. The molecule has 4 aromatic rings. The molecule has 1 amide bonds. The predicted octanol–water partition coefficient (Wildman–Crippen LogP) is 5.21. The number of pyridine rings is 1. The second-order valence-electron chi connectivity index (χ2n) is 5.60. The number of halogens is 1. The summed E-state index contributed by atoms with van der Waals surface area (Å²) in [5.74, 6) is -0.253. The van der Waals surface area contributed by atoms with Gasteiger partial charge in [0.15, 0.2) is 5.82 Å². The topological polar surface area (TPSA) is 70.7 Å². The number of H-pyrrole nitrogens is 1. The SMILES string of the molecule is CC.Cc1cc(C)c2c(n1)sc1c(NC(=O)c3ccc(F)cc3)n[nH]c12. The zero-order valence-corrected chi connectivity index (χ0v) is 15.8. The molecule has 134 valence electrons. The second kappa shape index (κ2) is 7.21. The first-order chi connectivity index (χ1) is 12.5. The molecule has 0 aliphatic heterocycles. The van der Waals surface area contributed by atoms with Crippen molar-refractivity contribution in [1.82, 2.24) is 15.2 Å². The zero-order valence-electron chi connectivity index (χ0n) is 15.0. The van der Waals surface area contributed by atoms with E-state index in [0.717, 1.165) is 31.7 Å². The van der Waals surface area contributed by atoms with E-state index >= 15 is 0 Å². The van der Waals surface area contributed by atoms with Gasteiger partial charge in [-0.25, -0.2) is 9.37 Å². The molecular formula is C19H19FN4OS. The molecule has 0 radical (unpaired) electrons. The number of nitrogens with one attached hydrogen (secondary N) is 2.